The monoisotopic (exact) mass is 824 g/mol. The summed E-state index contributed by atoms with van der Waals surface area (Å²) in [7, 11) is 0. The topological polar surface area (TPSA) is 9.23 Å². The third-order valence-electron chi connectivity index (χ3n) is 16.3. The molecule has 16 rings (SSSR count). The van der Waals surface area contributed by atoms with Gasteiger partial charge in [0.05, 0.1) is 0 Å². The predicted molar refractivity (Wildman–Crippen MR) is 269 cm³/mol. The van der Waals surface area contributed by atoms with Crippen LogP contribution in [0.3, 0.4) is 0 Å². The van der Waals surface area contributed by atoms with E-state index in [1.54, 1.807) is 0 Å². The van der Waals surface area contributed by atoms with E-state index in [0.717, 1.165) is 24.3 Å². The Kier molecular flexibility index (Phi) is 6.67. The number of para-hydroxylation sites is 1. The predicted octanol–water partition coefficient (Wildman–Crippen LogP) is 16.2. The zero-order chi connectivity index (χ0) is 42.1. The lowest BCUT2D eigenvalue weighted by Gasteiger charge is -2.48. The Morgan fingerprint density at radius 1 is 0.369 bits per heavy atom. The first kappa shape index (κ1) is 34.7. The zero-order valence-corrected chi connectivity index (χ0v) is 35.6. The van der Waals surface area contributed by atoms with Crippen LogP contribution in [-0.4, -0.2) is 0 Å². The number of fused-ring (bicyclic) bond motifs is 12. The lowest BCUT2D eigenvalue weighted by molar-refractivity contribution is 0.482. The van der Waals surface area contributed by atoms with Crippen LogP contribution in [0.4, 0.5) is 0 Å². The van der Waals surface area contributed by atoms with E-state index in [4.69, 9.17) is 4.74 Å². The number of allylic oxidation sites excluding steroid dienone is 20. The summed E-state index contributed by atoms with van der Waals surface area (Å²) in [6.07, 6.45) is 27.0. The van der Waals surface area contributed by atoms with E-state index < -0.39 is 0 Å². The minimum Gasteiger partial charge on any atom is -0.457 e. The average Bonchev–Trinajstić information content (AvgIpc) is 4.00. The zero-order valence-electron chi connectivity index (χ0n) is 35.6. The van der Waals surface area contributed by atoms with Crippen LogP contribution in [0, 0.1) is 23.7 Å². The van der Waals surface area contributed by atoms with Gasteiger partial charge in [-0.25, -0.2) is 0 Å². The first-order chi connectivity index (χ1) is 32.3. The molecule has 0 bridgehead atoms. The van der Waals surface area contributed by atoms with Crippen molar-refractivity contribution in [3.05, 3.63) is 250 Å². The summed E-state index contributed by atoms with van der Waals surface area (Å²) < 4.78 is 6.39. The summed E-state index contributed by atoms with van der Waals surface area (Å²) >= 11 is 0. The second-order valence-corrected chi connectivity index (χ2v) is 19.1. The van der Waals surface area contributed by atoms with Crippen LogP contribution in [0.2, 0.25) is 0 Å². The lowest BCUT2D eigenvalue weighted by atomic mass is 9.54. The Bertz CT molecular complexity index is 3760. The van der Waals surface area contributed by atoms with Crippen LogP contribution in [0.15, 0.2) is 217 Å². The van der Waals surface area contributed by atoms with Gasteiger partial charge in [0.2, 0.25) is 0 Å². The first-order valence-electron chi connectivity index (χ1n) is 23.5. The van der Waals surface area contributed by atoms with E-state index in [9.17, 15) is 0 Å². The van der Waals surface area contributed by atoms with Crippen LogP contribution in [-0.2, 0) is 0 Å². The number of rotatable bonds is 4. The molecule has 0 N–H and O–H groups in total. The summed E-state index contributed by atoms with van der Waals surface area (Å²) in [5.74, 6) is 2.78. The van der Waals surface area contributed by atoms with Gasteiger partial charge in [0.15, 0.2) is 0 Å². The molecule has 9 aliphatic carbocycles. The molecular weight excluding hydrogens is 785 g/mol. The molecule has 0 aromatic heterocycles. The van der Waals surface area contributed by atoms with Gasteiger partial charge in [-0.05, 0) is 176 Å². The Morgan fingerprint density at radius 3 is 1.63 bits per heavy atom. The third-order valence-corrected chi connectivity index (χ3v) is 16.3. The van der Waals surface area contributed by atoms with E-state index in [1.165, 1.54) is 133 Å². The highest BCUT2D eigenvalue weighted by Crippen LogP contribution is 2.69. The Hall–Kier alpha value is -7.74. The molecule has 0 heterocycles. The molecule has 4 unspecified atom stereocenters. The van der Waals surface area contributed by atoms with Crippen molar-refractivity contribution >= 4 is 55.0 Å². The SMILES string of the molecule is C1=CC2=C(CC1)c1cc3c(-c4ccccc4)c4c(c(-c5ccccc5)c3c3cccc2c13)C1=CC=C2C3=CC=C5c6cc(Oc7ccccc7)ccc6C6=CC=C(C7=CC=C4C1C72)C3C65. The van der Waals surface area contributed by atoms with Crippen molar-refractivity contribution in [1.82, 2.24) is 0 Å². The van der Waals surface area contributed by atoms with Gasteiger partial charge in [0, 0.05) is 23.7 Å². The average molecular weight is 825 g/mol. The van der Waals surface area contributed by atoms with Crippen LogP contribution in [0.5, 0.6) is 11.5 Å². The normalized spacial score (nSPS) is 22.6. The summed E-state index contributed by atoms with van der Waals surface area (Å²) in [6.45, 7) is 0. The number of ether oxygens (including phenoxy) is 1. The molecule has 302 valence electrons. The van der Waals surface area contributed by atoms with Crippen molar-refractivity contribution < 1.29 is 4.74 Å². The maximum Gasteiger partial charge on any atom is 0.128 e. The van der Waals surface area contributed by atoms with E-state index >= 15 is 0 Å². The highest BCUT2D eigenvalue weighted by atomic mass is 16.5. The van der Waals surface area contributed by atoms with Crippen LogP contribution in [0.1, 0.15) is 46.2 Å². The molecule has 0 aliphatic heterocycles. The van der Waals surface area contributed by atoms with E-state index in [0.29, 0.717) is 0 Å². The van der Waals surface area contributed by atoms with Crippen molar-refractivity contribution in [3.8, 4) is 33.8 Å². The van der Waals surface area contributed by atoms with Crippen molar-refractivity contribution in [1.29, 1.82) is 0 Å². The van der Waals surface area contributed by atoms with Gasteiger partial charge in [-0.1, -0.05) is 164 Å². The summed E-state index contributed by atoms with van der Waals surface area (Å²) in [6, 6.07) is 49.2. The minimum absolute atomic E-state index is 0.218. The first-order valence-corrected chi connectivity index (χ1v) is 23.5. The second kappa shape index (κ2) is 12.5. The smallest absolute Gasteiger partial charge is 0.128 e. The van der Waals surface area contributed by atoms with Gasteiger partial charge >= 0.3 is 0 Å². The van der Waals surface area contributed by atoms with Crippen molar-refractivity contribution in [2.75, 3.05) is 0 Å². The summed E-state index contributed by atoms with van der Waals surface area (Å²) in [4.78, 5) is 0. The van der Waals surface area contributed by atoms with E-state index in [-0.39, 0.29) is 23.7 Å². The van der Waals surface area contributed by atoms with Crippen molar-refractivity contribution in [2.24, 2.45) is 23.7 Å². The van der Waals surface area contributed by atoms with Crippen molar-refractivity contribution in [3.63, 3.8) is 0 Å². The number of benzene rings is 7. The molecular formula is C64H40O. The van der Waals surface area contributed by atoms with E-state index in [1.807, 2.05) is 30.3 Å². The van der Waals surface area contributed by atoms with Gasteiger partial charge in [0.25, 0.3) is 0 Å². The van der Waals surface area contributed by atoms with Crippen LogP contribution in [0.25, 0.3) is 77.2 Å². The standard InChI is InChI=1S/C64H40O/c1-4-13-35(14-5-1)55-54-34-53-40-20-11-10-19-39(40)42-21-12-22-49(57(42)53)62(54)56(36-15-6-2-7-16-36)64-51-32-30-47-45-27-28-48-52-33-38(65-37-17-8-3-9-18-37)23-24-41(52)43-25-26-44(59(45)58(43)48)46-29-31-50(63(55)64)61(51)60(46)47/h1-10,12-19,21-34,58-61H,11,20H2. The molecule has 4 atom stereocenters. The molecule has 1 heteroatoms. The van der Waals surface area contributed by atoms with Gasteiger partial charge < -0.3 is 4.74 Å². The third kappa shape index (κ3) is 4.39. The molecule has 7 aromatic carbocycles. The summed E-state index contributed by atoms with van der Waals surface area (Å²) in [5, 5.41) is 5.53. The Labute approximate surface area is 378 Å². The number of hydrogen-bond donors (Lipinski definition) is 0. The highest BCUT2D eigenvalue weighted by molar-refractivity contribution is 6.30. The van der Waals surface area contributed by atoms with Crippen LogP contribution >= 0.6 is 0 Å². The van der Waals surface area contributed by atoms with Gasteiger partial charge in [-0.15, -0.1) is 0 Å². The second-order valence-electron chi connectivity index (χ2n) is 19.1. The minimum atomic E-state index is 0.218. The fourth-order valence-corrected chi connectivity index (χ4v) is 13.9. The van der Waals surface area contributed by atoms with Crippen LogP contribution < -0.4 is 4.74 Å². The Morgan fingerprint density at radius 2 is 0.938 bits per heavy atom. The fourth-order valence-electron chi connectivity index (χ4n) is 13.9. The van der Waals surface area contributed by atoms with Crippen molar-refractivity contribution in [2.45, 2.75) is 12.8 Å². The van der Waals surface area contributed by atoms with E-state index in [2.05, 4.69) is 164 Å². The fraction of sp³-hybridized carbons (Fsp3) is 0.0938. The van der Waals surface area contributed by atoms with Gasteiger partial charge in [-0.2, -0.15) is 0 Å². The number of hydrogen-bond acceptors (Lipinski definition) is 1. The molecule has 1 nitrogen and oxygen atoms in total. The maximum absolute atomic E-state index is 6.39. The molecule has 0 saturated heterocycles. The Balaban J connectivity index is 0.955. The van der Waals surface area contributed by atoms with Gasteiger partial charge in [0.1, 0.15) is 11.5 Å². The summed E-state index contributed by atoms with van der Waals surface area (Å²) in [5.41, 5.74) is 28.3. The molecule has 7 aromatic rings. The molecule has 9 aliphatic rings. The molecule has 0 spiro atoms. The molecule has 0 radical (unpaired) electrons. The quantitative estimate of drug-likeness (QED) is 0.161. The van der Waals surface area contributed by atoms with Gasteiger partial charge in [-0.3, -0.25) is 0 Å². The molecule has 65 heavy (non-hydrogen) atoms. The largest absolute Gasteiger partial charge is 0.457 e. The maximum atomic E-state index is 6.39. The molecule has 1 saturated carbocycles. The lowest BCUT2D eigenvalue weighted by Crippen LogP contribution is -2.37. The highest BCUT2D eigenvalue weighted by Gasteiger charge is 2.54. The molecule has 1 fully saturated rings. The molecule has 0 amide bonds.